The second kappa shape index (κ2) is 8.89. The van der Waals surface area contributed by atoms with Crippen LogP contribution in [0.1, 0.15) is 35.2 Å². The number of benzene rings is 2. The number of carbonyl (C=O) groups excluding carboxylic acids is 2. The molecule has 1 aliphatic heterocycles. The number of nitrogens with two attached hydrogens (primary N) is 1. The monoisotopic (exact) mass is 439 g/mol. The number of thioether (sulfide) groups is 1. The van der Waals surface area contributed by atoms with E-state index in [1.165, 1.54) is 45.6 Å². The lowest BCUT2D eigenvalue weighted by Crippen LogP contribution is -2.41. The van der Waals surface area contributed by atoms with E-state index in [0.29, 0.717) is 30.4 Å². The molecule has 0 aliphatic carbocycles. The number of likely N-dealkylation sites (tertiary alicyclic amines) is 1. The molecule has 2 aromatic carbocycles. The molecule has 1 aromatic heterocycles. The standard InChI is InChI=1S/C22H22FN5O2S/c1-14-5-7-15(8-6-14)19-25-26-22(28(19)24)31-18-4-2-3-13-27(21(18)30)20(29)16-9-11-17(23)12-10-16/h5-12,18H,2-4,13,24H2,1H3. The molecule has 2 amide bonds. The highest BCUT2D eigenvalue weighted by Gasteiger charge is 2.33. The second-order valence-electron chi connectivity index (χ2n) is 7.45. The molecule has 0 spiro atoms. The van der Waals surface area contributed by atoms with Crippen molar-refractivity contribution in [1.82, 2.24) is 19.8 Å². The maximum Gasteiger partial charge on any atom is 0.260 e. The number of hydrogen-bond donors (Lipinski definition) is 1. The highest BCUT2D eigenvalue weighted by Crippen LogP contribution is 2.31. The Hall–Kier alpha value is -3.20. The second-order valence-corrected chi connectivity index (χ2v) is 8.62. The average molecular weight is 440 g/mol. The van der Waals surface area contributed by atoms with E-state index in [4.69, 9.17) is 5.84 Å². The summed E-state index contributed by atoms with van der Waals surface area (Å²) in [5.41, 5.74) is 2.23. The molecule has 1 atom stereocenters. The van der Waals surface area contributed by atoms with Gasteiger partial charge >= 0.3 is 0 Å². The van der Waals surface area contributed by atoms with Gasteiger partial charge in [-0.1, -0.05) is 48.0 Å². The van der Waals surface area contributed by atoms with E-state index in [1.807, 2.05) is 31.2 Å². The smallest absolute Gasteiger partial charge is 0.260 e. The zero-order valence-electron chi connectivity index (χ0n) is 17.0. The van der Waals surface area contributed by atoms with E-state index in [0.717, 1.165) is 17.5 Å². The fraction of sp³-hybridized carbons (Fsp3) is 0.273. The summed E-state index contributed by atoms with van der Waals surface area (Å²) in [7, 11) is 0. The molecule has 7 nitrogen and oxygen atoms in total. The van der Waals surface area contributed by atoms with Gasteiger partial charge in [-0.15, -0.1) is 10.2 Å². The van der Waals surface area contributed by atoms with Gasteiger partial charge in [0.15, 0.2) is 5.82 Å². The molecule has 0 bridgehead atoms. The van der Waals surface area contributed by atoms with Gasteiger partial charge in [-0.3, -0.25) is 14.5 Å². The highest BCUT2D eigenvalue weighted by molar-refractivity contribution is 8.00. The zero-order chi connectivity index (χ0) is 22.0. The maximum absolute atomic E-state index is 13.2. The van der Waals surface area contributed by atoms with Crippen molar-refractivity contribution >= 4 is 23.6 Å². The van der Waals surface area contributed by atoms with Crippen molar-refractivity contribution in [3.05, 3.63) is 65.5 Å². The summed E-state index contributed by atoms with van der Waals surface area (Å²) in [5, 5.41) is 8.24. The maximum atomic E-state index is 13.2. The van der Waals surface area contributed by atoms with Crippen molar-refractivity contribution in [2.24, 2.45) is 0 Å². The van der Waals surface area contributed by atoms with Gasteiger partial charge in [0.05, 0.1) is 5.25 Å². The predicted octanol–water partition coefficient (Wildman–Crippen LogP) is 3.42. The Morgan fingerprint density at radius 2 is 1.81 bits per heavy atom. The fourth-order valence-electron chi connectivity index (χ4n) is 3.45. The van der Waals surface area contributed by atoms with Crippen LogP contribution in [0.3, 0.4) is 0 Å². The van der Waals surface area contributed by atoms with Crippen molar-refractivity contribution in [1.29, 1.82) is 0 Å². The van der Waals surface area contributed by atoms with E-state index >= 15 is 0 Å². The molecule has 3 aromatic rings. The first kappa shape index (κ1) is 21.0. The highest BCUT2D eigenvalue weighted by atomic mass is 32.2. The van der Waals surface area contributed by atoms with E-state index in [-0.39, 0.29) is 11.5 Å². The van der Waals surface area contributed by atoms with Crippen LogP contribution in [0.15, 0.2) is 53.7 Å². The third-order valence-corrected chi connectivity index (χ3v) is 6.41. The lowest BCUT2D eigenvalue weighted by Gasteiger charge is -2.22. The van der Waals surface area contributed by atoms with Gasteiger partial charge in [-0.2, -0.15) is 0 Å². The predicted molar refractivity (Wildman–Crippen MR) is 116 cm³/mol. The molecular formula is C22H22FN5O2S. The third kappa shape index (κ3) is 4.46. The van der Waals surface area contributed by atoms with E-state index < -0.39 is 17.0 Å². The van der Waals surface area contributed by atoms with Crippen molar-refractivity contribution in [3.8, 4) is 11.4 Å². The van der Waals surface area contributed by atoms with Crippen LogP contribution in [-0.4, -0.2) is 43.4 Å². The lowest BCUT2D eigenvalue weighted by atomic mass is 10.1. The van der Waals surface area contributed by atoms with E-state index in [2.05, 4.69) is 10.2 Å². The van der Waals surface area contributed by atoms with Crippen LogP contribution in [0.5, 0.6) is 0 Å². The molecule has 0 saturated carbocycles. The first-order chi connectivity index (χ1) is 14.9. The first-order valence-electron chi connectivity index (χ1n) is 9.99. The molecule has 2 N–H and O–H groups in total. The molecule has 9 heteroatoms. The van der Waals surface area contributed by atoms with Gasteiger partial charge in [-0.05, 0) is 44.0 Å². The Labute approximate surface area is 183 Å². The van der Waals surface area contributed by atoms with Crippen LogP contribution in [0, 0.1) is 12.7 Å². The lowest BCUT2D eigenvalue weighted by molar-refractivity contribution is -0.127. The van der Waals surface area contributed by atoms with Crippen LogP contribution < -0.4 is 5.84 Å². The summed E-state index contributed by atoms with van der Waals surface area (Å²) in [6, 6.07) is 13.0. The van der Waals surface area contributed by atoms with Crippen LogP contribution in [0.25, 0.3) is 11.4 Å². The van der Waals surface area contributed by atoms with Gasteiger partial charge < -0.3 is 5.84 Å². The summed E-state index contributed by atoms with van der Waals surface area (Å²) in [6.07, 6.45) is 2.10. The quantitative estimate of drug-likeness (QED) is 0.495. The van der Waals surface area contributed by atoms with Crippen LogP contribution in [0.4, 0.5) is 4.39 Å². The van der Waals surface area contributed by atoms with E-state index in [1.54, 1.807) is 0 Å². The molecule has 160 valence electrons. The number of halogens is 1. The van der Waals surface area contributed by atoms with E-state index in [9.17, 15) is 14.0 Å². The Balaban J connectivity index is 1.54. The molecule has 1 fully saturated rings. The summed E-state index contributed by atoms with van der Waals surface area (Å²) in [6.45, 7) is 2.32. The summed E-state index contributed by atoms with van der Waals surface area (Å²) in [4.78, 5) is 27.3. The Kier molecular flexibility index (Phi) is 6.03. The Morgan fingerprint density at radius 3 is 2.52 bits per heavy atom. The number of nitrogens with zero attached hydrogens (tertiary/aromatic N) is 4. The van der Waals surface area contributed by atoms with Crippen molar-refractivity contribution in [2.75, 3.05) is 12.4 Å². The number of carbonyl (C=O) groups is 2. The average Bonchev–Trinajstić information content (AvgIpc) is 3.02. The third-order valence-electron chi connectivity index (χ3n) is 5.20. The number of nitrogen functional groups attached to an aromatic ring is 1. The van der Waals surface area contributed by atoms with Crippen molar-refractivity contribution in [3.63, 3.8) is 0 Å². The molecule has 31 heavy (non-hydrogen) atoms. The number of aryl methyl sites for hydroxylation is 1. The summed E-state index contributed by atoms with van der Waals surface area (Å²) in [5.74, 6) is 5.57. The molecule has 4 rings (SSSR count). The van der Waals surface area contributed by atoms with Gasteiger partial charge in [0.25, 0.3) is 5.91 Å². The van der Waals surface area contributed by atoms with Crippen LogP contribution >= 0.6 is 11.8 Å². The fourth-order valence-corrected chi connectivity index (χ4v) is 4.51. The molecule has 1 unspecified atom stereocenters. The van der Waals surface area contributed by atoms with Gasteiger partial charge in [0.1, 0.15) is 5.82 Å². The molecular weight excluding hydrogens is 417 g/mol. The van der Waals surface area contributed by atoms with Gasteiger partial charge in [-0.25, -0.2) is 9.07 Å². The largest absolute Gasteiger partial charge is 0.335 e. The van der Waals surface area contributed by atoms with Crippen molar-refractivity contribution < 1.29 is 14.0 Å². The number of imide groups is 1. The summed E-state index contributed by atoms with van der Waals surface area (Å²) >= 11 is 1.21. The number of amides is 2. The molecule has 2 heterocycles. The minimum absolute atomic E-state index is 0.282. The topological polar surface area (TPSA) is 94.1 Å². The Bertz CT molecular complexity index is 1100. The molecule has 1 aliphatic rings. The van der Waals surface area contributed by atoms with Crippen LogP contribution in [-0.2, 0) is 4.79 Å². The Morgan fingerprint density at radius 1 is 1.10 bits per heavy atom. The minimum Gasteiger partial charge on any atom is -0.335 e. The normalized spacial score (nSPS) is 16.9. The van der Waals surface area contributed by atoms with Crippen molar-refractivity contribution in [2.45, 2.75) is 36.6 Å². The molecule has 1 saturated heterocycles. The van der Waals surface area contributed by atoms with Gasteiger partial charge in [0, 0.05) is 17.7 Å². The minimum atomic E-state index is -0.510. The van der Waals surface area contributed by atoms with Crippen LogP contribution in [0.2, 0.25) is 0 Å². The summed E-state index contributed by atoms with van der Waals surface area (Å²) < 4.78 is 14.6. The van der Waals surface area contributed by atoms with Gasteiger partial charge in [0.2, 0.25) is 11.1 Å². The zero-order valence-corrected chi connectivity index (χ0v) is 17.8. The first-order valence-corrected chi connectivity index (χ1v) is 10.9. The SMILES string of the molecule is Cc1ccc(-c2nnc(SC3CCCCN(C(=O)c4ccc(F)cc4)C3=O)n2N)cc1. The molecule has 0 radical (unpaired) electrons. The number of aromatic nitrogens is 3. The number of rotatable bonds is 4. The number of hydrogen-bond acceptors (Lipinski definition) is 6.